The average molecular weight is 655 g/mol. The molecule has 48 heavy (non-hydrogen) atoms. The van der Waals surface area contributed by atoms with Gasteiger partial charge < -0.3 is 42.3 Å². The van der Waals surface area contributed by atoms with Crippen LogP contribution in [0.3, 0.4) is 0 Å². The van der Waals surface area contributed by atoms with Crippen molar-refractivity contribution in [2.24, 2.45) is 16.5 Å². The van der Waals surface area contributed by atoms with E-state index in [1.807, 2.05) is 59.6 Å². The highest BCUT2D eigenvalue weighted by Gasteiger charge is 2.35. The Morgan fingerprint density at radius 2 is 1.85 bits per heavy atom. The van der Waals surface area contributed by atoms with Crippen LogP contribution in [0.15, 0.2) is 78.3 Å². The summed E-state index contributed by atoms with van der Waals surface area (Å²) in [7, 11) is 0. The van der Waals surface area contributed by atoms with Crippen molar-refractivity contribution in [3.8, 4) is 0 Å². The number of nitrogens with two attached hydrogens (primary N) is 2. The van der Waals surface area contributed by atoms with Crippen LogP contribution in [0, 0.1) is 0 Å². The van der Waals surface area contributed by atoms with Crippen molar-refractivity contribution in [1.82, 2.24) is 35.8 Å². The maximum Gasteiger partial charge on any atom is 0.243 e. The van der Waals surface area contributed by atoms with Crippen LogP contribution < -0.4 is 27.4 Å². The van der Waals surface area contributed by atoms with E-state index >= 15 is 0 Å². The van der Waals surface area contributed by atoms with Gasteiger partial charge in [0.25, 0.3) is 0 Å². The van der Waals surface area contributed by atoms with E-state index in [0.717, 1.165) is 27.7 Å². The van der Waals surface area contributed by atoms with Gasteiger partial charge in [-0.1, -0.05) is 48.5 Å². The van der Waals surface area contributed by atoms with Gasteiger partial charge in [-0.05, 0) is 49.3 Å². The number of carbonyl (C=O) groups is 3. The Kier molecular flexibility index (Phi) is 11.8. The van der Waals surface area contributed by atoms with Crippen LogP contribution in [-0.4, -0.2) is 87.3 Å². The van der Waals surface area contributed by atoms with Gasteiger partial charge in [0.2, 0.25) is 17.7 Å². The van der Waals surface area contributed by atoms with Crippen molar-refractivity contribution < 1.29 is 14.4 Å². The lowest BCUT2D eigenvalue weighted by Gasteiger charge is -2.31. The van der Waals surface area contributed by atoms with E-state index < -0.39 is 12.1 Å². The Labute approximate surface area is 280 Å². The van der Waals surface area contributed by atoms with E-state index in [-0.39, 0.29) is 42.2 Å². The molecule has 0 spiro atoms. The molecule has 13 heteroatoms. The average Bonchev–Trinajstić information content (AvgIpc) is 3.71. The summed E-state index contributed by atoms with van der Waals surface area (Å²) in [6.45, 7) is 2.88. The predicted molar refractivity (Wildman–Crippen MR) is 186 cm³/mol. The monoisotopic (exact) mass is 654 g/mol. The summed E-state index contributed by atoms with van der Waals surface area (Å²) >= 11 is 0. The molecule has 0 bridgehead atoms. The summed E-state index contributed by atoms with van der Waals surface area (Å²) in [5, 5.41) is 10.8. The van der Waals surface area contributed by atoms with E-state index in [1.54, 1.807) is 12.5 Å². The first-order valence-corrected chi connectivity index (χ1v) is 16.5. The van der Waals surface area contributed by atoms with Crippen molar-refractivity contribution in [2.75, 3.05) is 19.6 Å². The molecule has 0 saturated carbocycles. The number of benzene rings is 2. The first kappa shape index (κ1) is 34.2. The first-order valence-electron chi connectivity index (χ1n) is 16.5. The van der Waals surface area contributed by atoms with Crippen molar-refractivity contribution in [3.05, 3.63) is 90.1 Å². The quantitative estimate of drug-likeness (QED) is 0.0572. The second-order valence-corrected chi connectivity index (χ2v) is 12.3. The maximum absolute atomic E-state index is 14.1. The lowest BCUT2D eigenvalue weighted by molar-refractivity contribution is -0.132. The molecule has 1 saturated heterocycles. The number of rotatable bonds is 15. The van der Waals surface area contributed by atoms with Crippen LogP contribution in [0.25, 0.3) is 10.9 Å². The van der Waals surface area contributed by atoms with Crippen LogP contribution in [0.1, 0.15) is 43.0 Å². The van der Waals surface area contributed by atoms with Gasteiger partial charge >= 0.3 is 0 Å². The zero-order valence-corrected chi connectivity index (χ0v) is 27.3. The van der Waals surface area contributed by atoms with Gasteiger partial charge in [-0.3, -0.25) is 19.4 Å². The Morgan fingerprint density at radius 3 is 2.60 bits per heavy atom. The molecular weight excluding hydrogens is 608 g/mol. The summed E-state index contributed by atoms with van der Waals surface area (Å²) in [6, 6.07) is 16.2. The third kappa shape index (κ3) is 9.44. The minimum absolute atomic E-state index is 0.0159. The minimum atomic E-state index is -0.809. The van der Waals surface area contributed by atoms with Crippen molar-refractivity contribution in [2.45, 2.75) is 69.6 Å². The molecule has 4 aromatic rings. The van der Waals surface area contributed by atoms with E-state index in [4.69, 9.17) is 11.5 Å². The van der Waals surface area contributed by atoms with E-state index in [9.17, 15) is 14.4 Å². The van der Waals surface area contributed by atoms with Gasteiger partial charge in [0.15, 0.2) is 5.96 Å². The van der Waals surface area contributed by atoms with Gasteiger partial charge in [-0.25, -0.2) is 4.98 Å². The van der Waals surface area contributed by atoms with Crippen LogP contribution in [0.5, 0.6) is 0 Å². The molecule has 2 aromatic heterocycles. The third-order valence-electron chi connectivity index (χ3n) is 8.79. The topological polar surface area (TPSA) is 199 Å². The second kappa shape index (κ2) is 16.6. The molecule has 13 nitrogen and oxygen atoms in total. The lowest BCUT2D eigenvalue weighted by atomic mass is 9.95. The number of H-pyrrole nitrogens is 2. The molecule has 2 aromatic carbocycles. The van der Waals surface area contributed by atoms with Crippen molar-refractivity contribution >= 4 is 34.6 Å². The van der Waals surface area contributed by atoms with Crippen LogP contribution in [0.2, 0.25) is 0 Å². The molecule has 1 fully saturated rings. The summed E-state index contributed by atoms with van der Waals surface area (Å²) in [6.07, 6.45) is 8.44. The summed E-state index contributed by atoms with van der Waals surface area (Å²) in [4.78, 5) is 56.5. The smallest absolute Gasteiger partial charge is 0.243 e. The molecule has 0 radical (unpaired) electrons. The number of fused-ring (bicyclic) bond motifs is 1. The number of hydrogen-bond donors (Lipinski definition) is 7. The van der Waals surface area contributed by atoms with Crippen molar-refractivity contribution in [1.29, 1.82) is 0 Å². The predicted octanol–water partition coefficient (Wildman–Crippen LogP) is 1.52. The number of nitrogens with zero attached hydrogens (tertiary/aromatic N) is 3. The fourth-order valence-electron chi connectivity index (χ4n) is 6.40. The number of nitrogens with one attached hydrogen (secondary N) is 5. The number of hydrogen-bond acceptors (Lipinski definition) is 6. The zero-order chi connectivity index (χ0) is 33.9. The van der Waals surface area contributed by atoms with Crippen LogP contribution >= 0.6 is 0 Å². The largest absolute Gasteiger partial charge is 0.370 e. The van der Waals surface area contributed by atoms with Gasteiger partial charge in [0.05, 0.1) is 12.4 Å². The summed E-state index contributed by atoms with van der Waals surface area (Å²) in [5.41, 5.74) is 15.1. The van der Waals surface area contributed by atoms with Crippen LogP contribution in [0.4, 0.5) is 0 Å². The number of aliphatic imine (C=N–C) groups is 1. The number of aromatic amines is 2. The van der Waals surface area contributed by atoms with Gasteiger partial charge in [0.1, 0.15) is 6.04 Å². The normalized spacial score (nSPS) is 17.8. The number of guanidine groups is 1. The summed E-state index contributed by atoms with van der Waals surface area (Å²) in [5.74, 6) is -0.581. The van der Waals surface area contributed by atoms with Crippen molar-refractivity contribution in [3.63, 3.8) is 0 Å². The highest BCUT2D eigenvalue weighted by molar-refractivity contribution is 5.87. The molecule has 4 atom stereocenters. The SMILES string of the molecule is CC(=O)N[C@H](Cc1cnc[nH]1)C(=O)NC(Cc1ccccc1)[C@@H]1CCN(CCc2c[nH]c3ccccc23)C(=O)[C@H](CCCN=C(N)N)N1. The number of carbonyl (C=O) groups excluding carboxylic acids is 3. The number of aromatic nitrogens is 3. The van der Waals surface area contributed by atoms with Crippen LogP contribution in [-0.2, 0) is 33.6 Å². The molecule has 1 aliphatic heterocycles. The third-order valence-corrected chi connectivity index (χ3v) is 8.79. The molecule has 9 N–H and O–H groups in total. The molecule has 1 unspecified atom stereocenters. The molecular formula is C35H46N10O3. The lowest BCUT2D eigenvalue weighted by Crippen LogP contribution is -2.58. The molecule has 3 heterocycles. The highest BCUT2D eigenvalue weighted by atomic mass is 16.2. The Hall–Kier alpha value is -5.17. The van der Waals surface area contributed by atoms with Gasteiger partial charge in [0, 0.05) is 74.1 Å². The Balaban J connectivity index is 1.37. The Morgan fingerprint density at radius 1 is 1.06 bits per heavy atom. The zero-order valence-electron chi connectivity index (χ0n) is 27.3. The highest BCUT2D eigenvalue weighted by Crippen LogP contribution is 2.21. The number of imidazole rings is 1. The van der Waals surface area contributed by atoms with E-state index in [2.05, 4.69) is 42.0 Å². The minimum Gasteiger partial charge on any atom is -0.370 e. The maximum atomic E-state index is 14.1. The molecule has 3 amide bonds. The fraction of sp³-hybridized carbons (Fsp3) is 0.400. The number of para-hydroxylation sites is 1. The van der Waals surface area contributed by atoms with Gasteiger partial charge in [-0.15, -0.1) is 0 Å². The standard InChI is InChI=1S/C35H46N10O3/c1-23(46)42-32(19-26-21-38-22-41-26)33(47)44-31(18-24-8-3-2-4-9-24)29-14-17-45(34(48)30(43-29)12-7-15-39-35(36)37)16-13-25-20-40-28-11-6-5-10-27(25)28/h2-6,8-11,20-22,29-32,40,43H,7,12-19H2,1H3,(H,38,41)(H,42,46)(H,44,47)(H4,36,37,39)/t29-,30-,31?,32+/m0/s1. The number of amides is 3. The first-order chi connectivity index (χ1) is 23.3. The molecule has 0 aliphatic carbocycles. The fourth-order valence-corrected chi connectivity index (χ4v) is 6.40. The van der Waals surface area contributed by atoms with E-state index in [0.29, 0.717) is 51.7 Å². The molecule has 5 rings (SSSR count). The Bertz CT molecular complexity index is 1670. The molecule has 1 aliphatic rings. The summed E-state index contributed by atoms with van der Waals surface area (Å²) < 4.78 is 0. The van der Waals surface area contributed by atoms with E-state index in [1.165, 1.54) is 6.92 Å². The van der Waals surface area contributed by atoms with Gasteiger partial charge in [-0.2, -0.15) is 0 Å². The molecule has 254 valence electrons. The second-order valence-electron chi connectivity index (χ2n) is 12.3.